The second kappa shape index (κ2) is 7.26. The summed E-state index contributed by atoms with van der Waals surface area (Å²) < 4.78 is 2.31. The quantitative estimate of drug-likeness (QED) is 0.701. The number of imidazole rings is 1. The molecule has 1 aliphatic rings. The van der Waals surface area contributed by atoms with Gasteiger partial charge >= 0.3 is 0 Å². The molecule has 2 aromatic heterocycles. The minimum Gasteiger partial charge on any atom is -0.383 e. The van der Waals surface area contributed by atoms with Crippen molar-refractivity contribution in [3.63, 3.8) is 0 Å². The van der Waals surface area contributed by atoms with Gasteiger partial charge < -0.3 is 20.9 Å². The smallest absolute Gasteiger partial charge is 0.152 e. The Morgan fingerprint density at radius 2 is 1.96 bits per heavy atom. The Bertz CT molecular complexity index is 1030. The number of benzene rings is 1. The number of unbranched alkanes of at least 4 members (excludes halogenated alkanes) is 1. The summed E-state index contributed by atoms with van der Waals surface area (Å²) in [5.74, 6) is 2.11. The first-order valence-electron chi connectivity index (χ1n) is 9.44. The van der Waals surface area contributed by atoms with E-state index in [4.69, 9.17) is 16.5 Å². The molecule has 0 radical (unpaired) electrons. The molecule has 0 amide bonds. The second-order valence-electron chi connectivity index (χ2n) is 6.86. The van der Waals surface area contributed by atoms with Crippen molar-refractivity contribution < 1.29 is 0 Å². The molecule has 3 heterocycles. The van der Waals surface area contributed by atoms with Gasteiger partial charge in [-0.25, -0.2) is 15.0 Å². The fourth-order valence-corrected chi connectivity index (χ4v) is 3.58. The second-order valence-corrected chi connectivity index (χ2v) is 6.86. The molecule has 4 rings (SSSR count). The molecular weight excluding hydrogens is 338 g/mol. The van der Waals surface area contributed by atoms with Crippen LogP contribution in [0.3, 0.4) is 0 Å². The first kappa shape index (κ1) is 17.3. The van der Waals surface area contributed by atoms with Crippen LogP contribution in [0.5, 0.6) is 0 Å². The molecule has 0 saturated heterocycles. The molecule has 0 atom stereocenters. The SMILES string of the molecule is CCCCc1nc2c(N)nc3ccccc3c2n1CCN1C=C(N)N=CC1. The monoisotopic (exact) mass is 363 g/mol. The van der Waals surface area contributed by atoms with Crippen LogP contribution >= 0.6 is 0 Å². The zero-order valence-corrected chi connectivity index (χ0v) is 15.6. The molecule has 3 aromatic rings. The van der Waals surface area contributed by atoms with Crippen LogP contribution in [0, 0.1) is 0 Å². The van der Waals surface area contributed by atoms with Crippen molar-refractivity contribution in [3.8, 4) is 0 Å². The summed E-state index contributed by atoms with van der Waals surface area (Å²) in [4.78, 5) is 15.7. The number of aromatic nitrogens is 3. The number of hydrogen-bond acceptors (Lipinski definition) is 6. The van der Waals surface area contributed by atoms with Gasteiger partial charge in [-0.1, -0.05) is 31.5 Å². The van der Waals surface area contributed by atoms with Gasteiger partial charge in [0, 0.05) is 37.3 Å². The molecule has 27 heavy (non-hydrogen) atoms. The van der Waals surface area contributed by atoms with Crippen molar-refractivity contribution >= 4 is 34.0 Å². The average molecular weight is 363 g/mol. The van der Waals surface area contributed by atoms with Crippen molar-refractivity contribution in [2.45, 2.75) is 32.7 Å². The van der Waals surface area contributed by atoms with E-state index in [0.29, 0.717) is 11.6 Å². The predicted molar refractivity (Wildman–Crippen MR) is 110 cm³/mol. The highest BCUT2D eigenvalue weighted by Crippen LogP contribution is 2.29. The van der Waals surface area contributed by atoms with Gasteiger partial charge in [0.05, 0.1) is 17.6 Å². The number of nitrogen functional groups attached to an aromatic ring is 1. The summed E-state index contributed by atoms with van der Waals surface area (Å²) >= 11 is 0. The summed E-state index contributed by atoms with van der Waals surface area (Å²) in [5.41, 5.74) is 14.9. The Morgan fingerprint density at radius 1 is 1.11 bits per heavy atom. The highest BCUT2D eigenvalue weighted by atomic mass is 15.2. The largest absolute Gasteiger partial charge is 0.383 e. The fourth-order valence-electron chi connectivity index (χ4n) is 3.58. The molecule has 140 valence electrons. The predicted octanol–water partition coefficient (Wildman–Crippen LogP) is 2.65. The number of fused-ring (bicyclic) bond motifs is 3. The summed E-state index contributed by atoms with van der Waals surface area (Å²) in [6.45, 7) is 4.59. The maximum atomic E-state index is 6.25. The van der Waals surface area contributed by atoms with E-state index in [1.807, 2.05) is 30.6 Å². The molecule has 0 aliphatic carbocycles. The van der Waals surface area contributed by atoms with E-state index >= 15 is 0 Å². The van der Waals surface area contributed by atoms with E-state index in [9.17, 15) is 0 Å². The van der Waals surface area contributed by atoms with Crippen LogP contribution in [0.1, 0.15) is 25.6 Å². The number of rotatable bonds is 6. The van der Waals surface area contributed by atoms with Crippen molar-refractivity contribution in [3.05, 3.63) is 42.1 Å². The van der Waals surface area contributed by atoms with Crippen LogP contribution in [0.15, 0.2) is 41.3 Å². The third-order valence-electron chi connectivity index (χ3n) is 4.93. The maximum Gasteiger partial charge on any atom is 0.152 e. The highest BCUT2D eigenvalue weighted by Gasteiger charge is 2.17. The molecule has 0 spiro atoms. The van der Waals surface area contributed by atoms with E-state index in [1.165, 1.54) is 0 Å². The van der Waals surface area contributed by atoms with Gasteiger partial charge in [-0.2, -0.15) is 0 Å². The van der Waals surface area contributed by atoms with E-state index in [1.54, 1.807) is 0 Å². The third-order valence-corrected chi connectivity index (χ3v) is 4.93. The van der Waals surface area contributed by atoms with Gasteiger partial charge in [0.1, 0.15) is 17.2 Å². The fraction of sp³-hybridized carbons (Fsp3) is 0.350. The first-order chi connectivity index (χ1) is 13.2. The van der Waals surface area contributed by atoms with Gasteiger partial charge in [-0.05, 0) is 12.5 Å². The summed E-state index contributed by atoms with van der Waals surface area (Å²) in [6, 6.07) is 8.11. The van der Waals surface area contributed by atoms with Crippen molar-refractivity contribution in [2.75, 3.05) is 18.8 Å². The van der Waals surface area contributed by atoms with Crippen LogP contribution in [-0.2, 0) is 13.0 Å². The first-order valence-corrected chi connectivity index (χ1v) is 9.44. The number of nitrogens with two attached hydrogens (primary N) is 2. The number of anilines is 1. The molecule has 0 fully saturated rings. The van der Waals surface area contributed by atoms with E-state index in [2.05, 4.69) is 32.4 Å². The molecule has 0 bridgehead atoms. The Labute approximate surface area is 158 Å². The lowest BCUT2D eigenvalue weighted by atomic mass is 10.2. The zero-order valence-electron chi connectivity index (χ0n) is 15.6. The minimum atomic E-state index is 0.495. The lowest BCUT2D eigenvalue weighted by Gasteiger charge is -2.22. The lowest BCUT2D eigenvalue weighted by Crippen LogP contribution is -2.28. The number of aryl methyl sites for hydroxylation is 1. The molecule has 7 heteroatoms. The zero-order chi connectivity index (χ0) is 18.8. The summed E-state index contributed by atoms with van der Waals surface area (Å²) in [5, 5.41) is 1.09. The molecule has 7 nitrogen and oxygen atoms in total. The molecule has 0 saturated carbocycles. The molecular formula is C20H25N7. The van der Waals surface area contributed by atoms with Crippen LogP contribution in [0.25, 0.3) is 21.9 Å². The standard InChI is InChI=1S/C20H25N7/c1-2-3-8-17-25-18-19(14-6-4-5-7-15(14)24-20(18)22)27(17)12-11-26-10-9-23-16(21)13-26/h4-7,9,13H,2-3,8,10-12,21H2,1H3,(H2,22,24). The topological polar surface area (TPSA) is 98.3 Å². The molecule has 1 aliphatic heterocycles. The number of pyridine rings is 1. The van der Waals surface area contributed by atoms with Crippen LogP contribution < -0.4 is 11.5 Å². The Hall–Kier alpha value is -3.09. The summed E-state index contributed by atoms with van der Waals surface area (Å²) in [6.07, 6.45) is 6.89. The van der Waals surface area contributed by atoms with Gasteiger partial charge in [-0.3, -0.25) is 0 Å². The summed E-state index contributed by atoms with van der Waals surface area (Å²) in [7, 11) is 0. The Balaban J connectivity index is 1.79. The van der Waals surface area contributed by atoms with E-state index in [0.717, 1.165) is 66.7 Å². The molecule has 4 N–H and O–H groups in total. The Kier molecular flexibility index (Phi) is 4.66. The average Bonchev–Trinajstić information content (AvgIpc) is 3.04. The van der Waals surface area contributed by atoms with Crippen LogP contribution in [0.2, 0.25) is 0 Å². The van der Waals surface area contributed by atoms with Crippen molar-refractivity contribution in [2.24, 2.45) is 10.7 Å². The lowest BCUT2D eigenvalue weighted by molar-refractivity contribution is 0.393. The van der Waals surface area contributed by atoms with E-state index < -0.39 is 0 Å². The number of hydrogen-bond donors (Lipinski definition) is 2. The van der Waals surface area contributed by atoms with E-state index in [-0.39, 0.29) is 0 Å². The van der Waals surface area contributed by atoms with Gasteiger partial charge in [0.2, 0.25) is 0 Å². The minimum absolute atomic E-state index is 0.495. The number of para-hydroxylation sites is 1. The third kappa shape index (κ3) is 3.32. The maximum absolute atomic E-state index is 6.25. The van der Waals surface area contributed by atoms with Crippen molar-refractivity contribution in [1.29, 1.82) is 0 Å². The van der Waals surface area contributed by atoms with Gasteiger partial charge in [-0.15, -0.1) is 0 Å². The molecule has 1 aromatic carbocycles. The normalized spacial score (nSPS) is 14.3. The Morgan fingerprint density at radius 3 is 2.78 bits per heavy atom. The van der Waals surface area contributed by atoms with Crippen LogP contribution in [-0.4, -0.2) is 38.7 Å². The number of aliphatic imine (C=N–C) groups is 1. The molecule has 0 unspecified atom stereocenters. The highest BCUT2D eigenvalue weighted by molar-refractivity contribution is 6.06. The van der Waals surface area contributed by atoms with Crippen molar-refractivity contribution in [1.82, 2.24) is 19.4 Å². The van der Waals surface area contributed by atoms with Gasteiger partial charge in [0.15, 0.2) is 5.82 Å². The van der Waals surface area contributed by atoms with Crippen LogP contribution in [0.4, 0.5) is 5.82 Å². The number of nitrogens with zero attached hydrogens (tertiary/aromatic N) is 5. The van der Waals surface area contributed by atoms with Gasteiger partial charge in [0.25, 0.3) is 0 Å².